The summed E-state index contributed by atoms with van der Waals surface area (Å²) < 4.78 is 4.69. The molecular formula is C16H28N2O2. The Morgan fingerprint density at radius 2 is 1.60 bits per heavy atom. The van der Waals surface area contributed by atoms with E-state index in [4.69, 9.17) is 5.41 Å². The van der Waals surface area contributed by atoms with Gasteiger partial charge in [-0.3, -0.25) is 0 Å². The van der Waals surface area contributed by atoms with Gasteiger partial charge < -0.3 is 9.93 Å². The van der Waals surface area contributed by atoms with Gasteiger partial charge in [-0.15, -0.1) is 0 Å². The zero-order chi connectivity index (χ0) is 14.8. The minimum atomic E-state index is -0.413. The molecule has 0 unspecified atom stereocenters. The Balaban J connectivity index is 2.07. The molecule has 0 aliphatic heterocycles. The summed E-state index contributed by atoms with van der Waals surface area (Å²) in [6, 6.07) is 0. The predicted octanol–water partition coefficient (Wildman–Crippen LogP) is 4.57. The second kappa shape index (κ2) is 9.56. The number of unbranched alkanes of at least 4 members (excludes halogenated alkanes) is 8. The molecule has 0 aliphatic rings. The molecule has 4 nitrogen and oxygen atoms in total. The molecule has 0 aromatic carbocycles. The summed E-state index contributed by atoms with van der Waals surface area (Å²) >= 11 is 0. The predicted molar refractivity (Wildman–Crippen MR) is 82.7 cm³/mol. The fraction of sp³-hybridized carbons (Fsp3) is 0.750. The van der Waals surface area contributed by atoms with Crippen LogP contribution in [0, 0.1) is 12.3 Å². The number of aromatic amines is 1. The number of H-pyrrole nitrogens is 1. The highest BCUT2D eigenvalue weighted by atomic mass is 16.5. The van der Waals surface area contributed by atoms with Crippen molar-refractivity contribution < 1.29 is 4.52 Å². The molecule has 0 amide bonds. The molecule has 1 aromatic heterocycles. The van der Waals surface area contributed by atoms with Crippen molar-refractivity contribution in [3.05, 3.63) is 21.7 Å². The van der Waals surface area contributed by atoms with E-state index in [0.717, 1.165) is 12.8 Å². The molecule has 0 bridgehead atoms. The molecular weight excluding hydrogens is 252 g/mol. The maximum absolute atomic E-state index is 11.4. The summed E-state index contributed by atoms with van der Waals surface area (Å²) in [6.45, 7) is 4.01. The van der Waals surface area contributed by atoms with Crippen LogP contribution in [0.1, 0.15) is 82.4 Å². The van der Waals surface area contributed by atoms with Gasteiger partial charge in [0.2, 0.25) is 0 Å². The summed E-state index contributed by atoms with van der Waals surface area (Å²) in [5.74, 6) is 0. The molecule has 20 heavy (non-hydrogen) atoms. The van der Waals surface area contributed by atoms with E-state index in [1.807, 2.05) is 0 Å². The second-order valence-corrected chi connectivity index (χ2v) is 5.55. The minimum Gasteiger partial charge on any atom is -0.338 e. The van der Waals surface area contributed by atoms with E-state index in [2.05, 4.69) is 16.6 Å². The normalized spacial score (nSPS) is 10.9. The molecule has 0 atom stereocenters. The zero-order valence-electron chi connectivity index (χ0n) is 12.9. The maximum atomic E-state index is 11.4. The Morgan fingerprint density at radius 3 is 2.10 bits per heavy atom. The molecule has 1 rings (SSSR count). The van der Waals surface area contributed by atoms with Crippen molar-refractivity contribution in [2.24, 2.45) is 0 Å². The van der Waals surface area contributed by atoms with E-state index in [-0.39, 0.29) is 0 Å². The Hall–Kier alpha value is -1.32. The van der Waals surface area contributed by atoms with Crippen LogP contribution >= 0.6 is 0 Å². The number of aromatic nitrogens is 1. The van der Waals surface area contributed by atoms with Crippen LogP contribution in [0.4, 0.5) is 0 Å². The van der Waals surface area contributed by atoms with E-state index < -0.39 is 5.63 Å². The number of rotatable bonds is 11. The fourth-order valence-electron chi connectivity index (χ4n) is 2.47. The third-order valence-corrected chi connectivity index (χ3v) is 3.71. The highest BCUT2D eigenvalue weighted by Gasteiger charge is 2.13. The quantitative estimate of drug-likeness (QED) is 0.460. The van der Waals surface area contributed by atoms with Crippen molar-refractivity contribution in [2.75, 3.05) is 0 Å². The van der Waals surface area contributed by atoms with Crippen LogP contribution in [0.25, 0.3) is 0 Å². The first-order valence-corrected chi connectivity index (χ1v) is 7.92. The fourth-order valence-corrected chi connectivity index (χ4v) is 2.47. The number of hydrogen-bond donors (Lipinski definition) is 2. The average Bonchev–Trinajstić information content (AvgIpc) is 2.76. The monoisotopic (exact) mass is 280 g/mol. The summed E-state index contributed by atoms with van der Waals surface area (Å²) in [6.07, 6.45) is 12.0. The smallest absolute Gasteiger partial charge is 0.338 e. The molecule has 114 valence electrons. The van der Waals surface area contributed by atoms with Crippen LogP contribution in [0.15, 0.2) is 9.32 Å². The van der Waals surface area contributed by atoms with E-state index in [9.17, 15) is 4.79 Å². The van der Waals surface area contributed by atoms with Gasteiger partial charge >= 0.3 is 5.63 Å². The molecule has 4 heteroatoms. The lowest BCUT2D eigenvalue weighted by Gasteiger charge is -2.03. The third kappa shape index (κ3) is 5.76. The van der Waals surface area contributed by atoms with E-state index in [1.165, 1.54) is 44.9 Å². The first-order valence-electron chi connectivity index (χ1n) is 7.92. The molecule has 0 spiro atoms. The van der Waals surface area contributed by atoms with E-state index in [1.54, 1.807) is 6.92 Å². The lowest BCUT2D eigenvalue weighted by Crippen LogP contribution is -2.11. The van der Waals surface area contributed by atoms with Crippen molar-refractivity contribution in [2.45, 2.75) is 78.1 Å². The van der Waals surface area contributed by atoms with Gasteiger partial charge in [-0.05, 0) is 19.8 Å². The van der Waals surface area contributed by atoms with Crippen molar-refractivity contribution >= 4 is 5.71 Å². The highest BCUT2D eigenvalue weighted by molar-refractivity contribution is 5.98. The highest BCUT2D eigenvalue weighted by Crippen LogP contribution is 2.12. The minimum absolute atomic E-state index is 0.403. The van der Waals surface area contributed by atoms with Gasteiger partial charge in [0.1, 0.15) is 5.56 Å². The number of aryl methyl sites for hydroxylation is 1. The molecule has 2 N–H and O–H groups in total. The average molecular weight is 280 g/mol. The summed E-state index contributed by atoms with van der Waals surface area (Å²) in [5.41, 5.74) is 1.07. The van der Waals surface area contributed by atoms with Crippen molar-refractivity contribution in [3.8, 4) is 0 Å². The van der Waals surface area contributed by atoms with Crippen molar-refractivity contribution in [1.29, 1.82) is 5.41 Å². The van der Waals surface area contributed by atoms with Gasteiger partial charge in [0.25, 0.3) is 0 Å². The topological polar surface area (TPSA) is 69.8 Å². The van der Waals surface area contributed by atoms with Crippen LogP contribution in [-0.4, -0.2) is 10.9 Å². The first-order chi connectivity index (χ1) is 9.66. The Bertz CT molecular complexity index is 446. The van der Waals surface area contributed by atoms with Gasteiger partial charge in [0, 0.05) is 5.71 Å². The Kier molecular flexibility index (Phi) is 8.00. The molecule has 0 fully saturated rings. The van der Waals surface area contributed by atoms with Gasteiger partial charge in [-0.25, -0.2) is 9.95 Å². The third-order valence-electron chi connectivity index (χ3n) is 3.71. The molecule has 0 saturated heterocycles. The Morgan fingerprint density at radius 1 is 1.05 bits per heavy atom. The molecule has 0 aliphatic carbocycles. The number of nitrogens with one attached hydrogen (secondary N) is 2. The Labute approximate surface area is 121 Å². The van der Waals surface area contributed by atoms with Crippen LogP contribution in [0.2, 0.25) is 0 Å². The maximum Gasteiger partial charge on any atom is 0.366 e. The molecule has 1 aromatic rings. The van der Waals surface area contributed by atoms with Crippen molar-refractivity contribution in [3.63, 3.8) is 0 Å². The van der Waals surface area contributed by atoms with Gasteiger partial charge in [-0.2, -0.15) is 0 Å². The zero-order valence-corrected chi connectivity index (χ0v) is 12.9. The SMILES string of the molecule is CCCCCCCCCCCC(=N)c1c(C)[nH]oc1=O. The molecule has 0 radical (unpaired) electrons. The van der Waals surface area contributed by atoms with Crippen LogP contribution in [0.5, 0.6) is 0 Å². The number of hydrogen-bond acceptors (Lipinski definition) is 3. The largest absolute Gasteiger partial charge is 0.366 e. The van der Waals surface area contributed by atoms with Gasteiger partial charge in [0.15, 0.2) is 0 Å². The van der Waals surface area contributed by atoms with Crippen LogP contribution < -0.4 is 5.63 Å². The first kappa shape index (κ1) is 16.7. The standard InChI is InChI=1S/C16H28N2O2/c1-3-4-5-6-7-8-9-10-11-12-14(17)15-13(2)18-20-16(15)19/h17-18H,3-12H2,1-2H3. The lowest BCUT2D eigenvalue weighted by atomic mass is 10.0. The van der Waals surface area contributed by atoms with Gasteiger partial charge in [-0.1, -0.05) is 58.3 Å². The van der Waals surface area contributed by atoms with E-state index >= 15 is 0 Å². The summed E-state index contributed by atoms with van der Waals surface area (Å²) in [7, 11) is 0. The van der Waals surface area contributed by atoms with Crippen LogP contribution in [-0.2, 0) is 0 Å². The summed E-state index contributed by atoms with van der Waals surface area (Å²) in [5, 5.41) is 10.5. The lowest BCUT2D eigenvalue weighted by molar-refractivity contribution is 0.387. The molecule has 1 heterocycles. The van der Waals surface area contributed by atoms with E-state index in [0.29, 0.717) is 23.4 Å². The molecule has 0 saturated carbocycles. The van der Waals surface area contributed by atoms with Crippen molar-refractivity contribution in [1.82, 2.24) is 5.16 Å². The van der Waals surface area contributed by atoms with Crippen LogP contribution in [0.3, 0.4) is 0 Å². The second-order valence-electron chi connectivity index (χ2n) is 5.55. The summed E-state index contributed by atoms with van der Waals surface area (Å²) in [4.78, 5) is 11.4. The van der Waals surface area contributed by atoms with Gasteiger partial charge in [0.05, 0.1) is 5.69 Å².